The number of hydrogen-bond donors (Lipinski definition) is 1. The molecule has 0 heterocycles. The number of rotatable bonds is 5. The molecule has 11 heteroatoms. The van der Waals surface area contributed by atoms with Crippen LogP contribution in [0.4, 0.5) is 10.1 Å². The predicted octanol–water partition coefficient (Wildman–Crippen LogP) is 1.55. The van der Waals surface area contributed by atoms with Gasteiger partial charge in [0.15, 0.2) is 5.82 Å². The van der Waals surface area contributed by atoms with Gasteiger partial charge in [-0.15, -0.1) is 0 Å². The van der Waals surface area contributed by atoms with Crippen molar-refractivity contribution in [2.24, 2.45) is 0 Å². The summed E-state index contributed by atoms with van der Waals surface area (Å²) in [5, 5.41) is 10.6. The third kappa shape index (κ3) is 4.44. The van der Waals surface area contributed by atoms with Gasteiger partial charge in [0.1, 0.15) is 4.90 Å². The van der Waals surface area contributed by atoms with Gasteiger partial charge in [-0.25, -0.2) is 17.5 Å². The molecule has 2 rings (SSSR count). The minimum absolute atomic E-state index is 0.131. The average Bonchev–Trinajstić information content (AvgIpc) is 2.60. The van der Waals surface area contributed by atoms with Crippen LogP contribution in [-0.4, -0.2) is 44.2 Å². The molecule has 0 saturated carbocycles. The molecule has 0 spiro atoms. The van der Waals surface area contributed by atoms with Crippen LogP contribution in [-0.2, 0) is 10.0 Å². The zero-order chi connectivity index (χ0) is 20.4. The van der Waals surface area contributed by atoms with Crippen LogP contribution in [0.5, 0.6) is 0 Å². The third-order valence-electron chi connectivity index (χ3n) is 3.42. The summed E-state index contributed by atoms with van der Waals surface area (Å²) in [4.78, 5) is 34.2. The van der Waals surface area contributed by atoms with E-state index in [1.165, 1.54) is 43.3 Å². The van der Waals surface area contributed by atoms with Gasteiger partial charge in [-0.3, -0.25) is 19.7 Å². The van der Waals surface area contributed by atoms with E-state index in [2.05, 4.69) is 0 Å². The van der Waals surface area contributed by atoms with Crippen molar-refractivity contribution in [1.82, 2.24) is 9.62 Å². The predicted molar refractivity (Wildman–Crippen MR) is 92.2 cm³/mol. The Morgan fingerprint density at radius 2 is 1.74 bits per heavy atom. The van der Waals surface area contributed by atoms with Crippen LogP contribution >= 0.6 is 0 Å². The second-order valence-electron chi connectivity index (χ2n) is 5.59. The number of carbonyl (C=O) groups is 2. The fourth-order valence-corrected chi connectivity index (χ4v) is 3.14. The van der Waals surface area contributed by atoms with Gasteiger partial charge in [-0.2, -0.15) is 0 Å². The number of benzene rings is 2. The van der Waals surface area contributed by atoms with Crippen molar-refractivity contribution < 1.29 is 27.3 Å². The zero-order valence-electron chi connectivity index (χ0n) is 14.2. The number of halogens is 1. The topological polar surface area (TPSA) is 127 Å². The molecule has 1 N–H and O–H groups in total. The number of carbonyl (C=O) groups excluding carboxylic acids is 2. The van der Waals surface area contributed by atoms with Crippen molar-refractivity contribution >= 4 is 27.5 Å². The van der Waals surface area contributed by atoms with E-state index in [9.17, 15) is 32.5 Å². The molecule has 2 aromatic carbocycles. The van der Waals surface area contributed by atoms with Gasteiger partial charge in [0.25, 0.3) is 27.5 Å². The highest BCUT2D eigenvalue weighted by atomic mass is 32.2. The van der Waals surface area contributed by atoms with Crippen molar-refractivity contribution in [3.63, 3.8) is 0 Å². The molecule has 0 fully saturated rings. The van der Waals surface area contributed by atoms with Crippen LogP contribution in [0.2, 0.25) is 0 Å². The van der Waals surface area contributed by atoms with Crippen LogP contribution in [0.25, 0.3) is 0 Å². The van der Waals surface area contributed by atoms with Crippen molar-refractivity contribution in [3.8, 4) is 0 Å². The first-order chi connectivity index (χ1) is 12.5. The molecule has 0 unspecified atom stereocenters. The van der Waals surface area contributed by atoms with Crippen molar-refractivity contribution in [2.75, 3.05) is 14.1 Å². The lowest BCUT2D eigenvalue weighted by Gasteiger charge is -2.11. The molecular weight excluding hydrogens is 381 g/mol. The standard InChI is InChI=1S/C16H14FN3O6S/c1-19(2)16(22)11-5-3-4-10(8-11)15(21)18-27(25,26)14-7-6-12(20(23)24)9-13(14)17/h3-9H,1-2H3,(H,18,21). The van der Waals surface area contributed by atoms with E-state index in [4.69, 9.17) is 0 Å². The van der Waals surface area contributed by atoms with Gasteiger partial charge >= 0.3 is 0 Å². The van der Waals surface area contributed by atoms with E-state index in [1.54, 1.807) is 4.72 Å². The molecule has 2 aromatic rings. The van der Waals surface area contributed by atoms with E-state index >= 15 is 0 Å². The molecular formula is C16H14FN3O6S. The lowest BCUT2D eigenvalue weighted by molar-refractivity contribution is -0.385. The fraction of sp³-hybridized carbons (Fsp3) is 0.125. The zero-order valence-corrected chi connectivity index (χ0v) is 15.0. The lowest BCUT2D eigenvalue weighted by atomic mass is 10.1. The van der Waals surface area contributed by atoms with Crippen LogP contribution in [0, 0.1) is 15.9 Å². The van der Waals surface area contributed by atoms with Crippen molar-refractivity contribution in [1.29, 1.82) is 0 Å². The van der Waals surface area contributed by atoms with Gasteiger partial charge in [0.05, 0.1) is 11.0 Å². The number of hydrogen-bond acceptors (Lipinski definition) is 6. The first-order valence-corrected chi connectivity index (χ1v) is 8.84. The molecule has 0 aliphatic rings. The fourth-order valence-electron chi connectivity index (χ4n) is 2.11. The summed E-state index contributed by atoms with van der Waals surface area (Å²) in [7, 11) is -1.60. The van der Waals surface area contributed by atoms with Crippen LogP contribution < -0.4 is 4.72 Å². The summed E-state index contributed by atoms with van der Waals surface area (Å²) in [6.45, 7) is 0. The molecule has 0 saturated heterocycles. The summed E-state index contributed by atoms with van der Waals surface area (Å²) in [6.07, 6.45) is 0. The Morgan fingerprint density at radius 1 is 1.11 bits per heavy atom. The quantitative estimate of drug-likeness (QED) is 0.605. The highest BCUT2D eigenvalue weighted by molar-refractivity contribution is 7.90. The summed E-state index contributed by atoms with van der Waals surface area (Å²) in [5.41, 5.74) is -0.604. The molecule has 2 amide bonds. The van der Waals surface area contributed by atoms with E-state index < -0.39 is 43.2 Å². The summed E-state index contributed by atoms with van der Waals surface area (Å²) < 4.78 is 40.1. The molecule has 0 atom stereocenters. The number of sulfonamides is 1. The number of nitrogens with zero attached hydrogens (tertiary/aromatic N) is 2. The van der Waals surface area contributed by atoms with Gasteiger partial charge in [-0.05, 0) is 24.3 Å². The molecule has 27 heavy (non-hydrogen) atoms. The molecule has 0 aliphatic carbocycles. The highest BCUT2D eigenvalue weighted by Gasteiger charge is 2.24. The molecule has 0 radical (unpaired) electrons. The number of nitro groups is 1. The Balaban J connectivity index is 2.31. The summed E-state index contributed by atoms with van der Waals surface area (Å²) >= 11 is 0. The van der Waals surface area contributed by atoms with Crippen LogP contribution in [0.3, 0.4) is 0 Å². The second kappa shape index (κ2) is 7.50. The van der Waals surface area contributed by atoms with Gasteiger partial charge in [0, 0.05) is 31.3 Å². The van der Waals surface area contributed by atoms with Gasteiger partial charge in [0.2, 0.25) is 0 Å². The Hall–Kier alpha value is -3.34. The first-order valence-electron chi connectivity index (χ1n) is 7.36. The molecule has 0 aromatic heterocycles. The molecule has 142 valence electrons. The Morgan fingerprint density at radius 3 is 2.30 bits per heavy atom. The van der Waals surface area contributed by atoms with Crippen molar-refractivity contribution in [3.05, 3.63) is 69.5 Å². The number of non-ortho nitro benzene ring substituents is 1. The SMILES string of the molecule is CN(C)C(=O)c1cccc(C(=O)NS(=O)(=O)c2ccc([N+](=O)[O-])cc2F)c1. The lowest BCUT2D eigenvalue weighted by Crippen LogP contribution is -2.31. The molecule has 0 bridgehead atoms. The maximum absolute atomic E-state index is 13.9. The molecule has 9 nitrogen and oxygen atoms in total. The monoisotopic (exact) mass is 395 g/mol. The van der Waals surface area contributed by atoms with E-state index in [-0.39, 0.29) is 11.1 Å². The minimum Gasteiger partial charge on any atom is -0.345 e. The normalized spacial score (nSPS) is 10.9. The van der Waals surface area contributed by atoms with E-state index in [0.717, 1.165) is 6.07 Å². The van der Waals surface area contributed by atoms with Crippen LogP contribution in [0.15, 0.2) is 47.4 Å². The average molecular weight is 395 g/mol. The van der Waals surface area contributed by atoms with Crippen molar-refractivity contribution in [2.45, 2.75) is 4.90 Å². The van der Waals surface area contributed by atoms with Gasteiger partial charge < -0.3 is 4.90 Å². The summed E-state index contributed by atoms with van der Waals surface area (Å²) in [6, 6.07) is 7.25. The van der Waals surface area contributed by atoms with E-state index in [1.807, 2.05) is 0 Å². The number of amides is 2. The third-order valence-corrected chi connectivity index (χ3v) is 4.78. The largest absolute Gasteiger partial charge is 0.345 e. The van der Waals surface area contributed by atoms with E-state index in [0.29, 0.717) is 12.1 Å². The Kier molecular flexibility index (Phi) is 5.55. The smallest absolute Gasteiger partial charge is 0.272 e. The first kappa shape index (κ1) is 20.0. The Labute approximate surface area is 153 Å². The maximum Gasteiger partial charge on any atom is 0.272 e. The molecule has 0 aliphatic heterocycles. The highest BCUT2D eigenvalue weighted by Crippen LogP contribution is 2.20. The summed E-state index contributed by atoms with van der Waals surface area (Å²) in [5.74, 6) is -2.85. The van der Waals surface area contributed by atoms with Crippen LogP contribution in [0.1, 0.15) is 20.7 Å². The number of nitro benzene ring substituents is 1. The number of nitrogens with one attached hydrogen (secondary N) is 1. The second-order valence-corrected chi connectivity index (χ2v) is 7.24. The minimum atomic E-state index is -4.62. The Bertz CT molecular complexity index is 1040. The maximum atomic E-state index is 13.9. The van der Waals surface area contributed by atoms with Gasteiger partial charge in [-0.1, -0.05) is 6.07 Å².